The molecule has 1 N–H and O–H groups in total. The normalized spacial score (nSPS) is 13.6. The fourth-order valence-electron chi connectivity index (χ4n) is 3.92. The lowest BCUT2D eigenvalue weighted by Crippen LogP contribution is -2.49. The summed E-state index contributed by atoms with van der Waals surface area (Å²) in [6, 6.07) is 24.2. The molecule has 3 amide bonds. The molecule has 6 heteroatoms. The summed E-state index contributed by atoms with van der Waals surface area (Å²) in [6.45, 7) is 3.53. The third kappa shape index (κ3) is 4.47. The lowest BCUT2D eigenvalue weighted by molar-refractivity contribution is 0.102. The van der Waals surface area contributed by atoms with Crippen molar-refractivity contribution in [1.82, 2.24) is 4.90 Å². The summed E-state index contributed by atoms with van der Waals surface area (Å²) in [5.74, 6) is -0.181. The van der Waals surface area contributed by atoms with Gasteiger partial charge >= 0.3 is 6.03 Å². The molecule has 0 aromatic heterocycles. The molecule has 1 fully saturated rings. The van der Waals surface area contributed by atoms with Crippen molar-refractivity contribution < 1.29 is 9.59 Å². The summed E-state index contributed by atoms with van der Waals surface area (Å²) < 4.78 is 0. The number of hydrogen-bond donors (Lipinski definition) is 1. The van der Waals surface area contributed by atoms with E-state index in [1.165, 1.54) is 0 Å². The number of urea groups is 1. The SMILES string of the molecule is Cc1ccccc1C(=O)Nc1cccc(N2CCCN(Cc3ccccc3C#N)C2=O)c1. The van der Waals surface area contributed by atoms with Gasteiger partial charge in [0.15, 0.2) is 0 Å². The maximum Gasteiger partial charge on any atom is 0.324 e. The second-order valence-electron chi connectivity index (χ2n) is 7.80. The third-order valence-electron chi connectivity index (χ3n) is 5.62. The van der Waals surface area contributed by atoms with Gasteiger partial charge in [-0.15, -0.1) is 0 Å². The Morgan fingerprint density at radius 3 is 2.62 bits per heavy atom. The molecule has 160 valence electrons. The van der Waals surface area contributed by atoms with Gasteiger partial charge in [0.1, 0.15) is 0 Å². The average molecular weight is 425 g/mol. The van der Waals surface area contributed by atoms with E-state index >= 15 is 0 Å². The van der Waals surface area contributed by atoms with Crippen molar-refractivity contribution in [2.75, 3.05) is 23.3 Å². The Morgan fingerprint density at radius 1 is 1.03 bits per heavy atom. The third-order valence-corrected chi connectivity index (χ3v) is 5.62. The summed E-state index contributed by atoms with van der Waals surface area (Å²) in [5, 5.41) is 12.3. The summed E-state index contributed by atoms with van der Waals surface area (Å²) in [5.41, 5.74) is 4.31. The lowest BCUT2D eigenvalue weighted by Gasteiger charge is -2.36. The summed E-state index contributed by atoms with van der Waals surface area (Å²) in [4.78, 5) is 29.4. The Morgan fingerprint density at radius 2 is 1.81 bits per heavy atom. The van der Waals surface area contributed by atoms with Crippen LogP contribution in [0.25, 0.3) is 0 Å². The van der Waals surface area contributed by atoms with Gasteiger partial charge in [0.2, 0.25) is 0 Å². The Kier molecular flexibility index (Phi) is 6.18. The van der Waals surface area contributed by atoms with Gasteiger partial charge < -0.3 is 10.2 Å². The molecule has 6 nitrogen and oxygen atoms in total. The molecule has 0 radical (unpaired) electrons. The molecule has 0 spiro atoms. The van der Waals surface area contributed by atoms with Crippen LogP contribution in [0.4, 0.5) is 16.2 Å². The minimum Gasteiger partial charge on any atom is -0.322 e. The van der Waals surface area contributed by atoms with Crippen LogP contribution in [0.1, 0.15) is 33.5 Å². The van der Waals surface area contributed by atoms with Gasteiger partial charge in [-0.05, 0) is 54.8 Å². The predicted octanol–water partition coefficient (Wildman–Crippen LogP) is 4.95. The molecule has 0 bridgehead atoms. The first kappa shape index (κ1) is 21.1. The highest BCUT2D eigenvalue weighted by molar-refractivity contribution is 6.05. The summed E-state index contributed by atoms with van der Waals surface area (Å²) in [6.07, 6.45) is 0.820. The van der Waals surface area contributed by atoms with Crippen molar-refractivity contribution in [3.63, 3.8) is 0 Å². The first-order valence-electron chi connectivity index (χ1n) is 10.6. The van der Waals surface area contributed by atoms with E-state index in [9.17, 15) is 14.9 Å². The van der Waals surface area contributed by atoms with E-state index in [4.69, 9.17) is 0 Å². The van der Waals surface area contributed by atoms with Crippen LogP contribution >= 0.6 is 0 Å². The molecular formula is C26H24N4O2. The molecule has 1 aliphatic rings. The van der Waals surface area contributed by atoms with Crippen LogP contribution in [0.15, 0.2) is 72.8 Å². The van der Waals surface area contributed by atoms with Crippen molar-refractivity contribution in [2.45, 2.75) is 19.9 Å². The smallest absolute Gasteiger partial charge is 0.322 e. The highest BCUT2D eigenvalue weighted by Crippen LogP contribution is 2.25. The van der Waals surface area contributed by atoms with Crippen molar-refractivity contribution in [2.24, 2.45) is 0 Å². The van der Waals surface area contributed by atoms with Gasteiger partial charge in [0.05, 0.1) is 11.6 Å². The number of rotatable bonds is 5. The highest BCUT2D eigenvalue weighted by Gasteiger charge is 2.27. The number of amides is 3. The largest absolute Gasteiger partial charge is 0.324 e. The molecule has 0 unspecified atom stereocenters. The van der Waals surface area contributed by atoms with Gasteiger partial charge in [-0.2, -0.15) is 5.26 Å². The van der Waals surface area contributed by atoms with Crippen LogP contribution < -0.4 is 10.2 Å². The van der Waals surface area contributed by atoms with Crippen molar-refractivity contribution in [3.05, 3.63) is 95.1 Å². The average Bonchev–Trinajstić information content (AvgIpc) is 2.81. The maximum absolute atomic E-state index is 13.2. The Labute approximate surface area is 187 Å². The number of anilines is 2. The highest BCUT2D eigenvalue weighted by atomic mass is 16.2. The predicted molar refractivity (Wildman–Crippen MR) is 125 cm³/mol. The first-order chi connectivity index (χ1) is 15.6. The summed E-state index contributed by atoms with van der Waals surface area (Å²) >= 11 is 0. The van der Waals surface area contributed by atoms with E-state index < -0.39 is 0 Å². The van der Waals surface area contributed by atoms with Gasteiger partial charge in [0, 0.05) is 36.6 Å². The molecule has 1 saturated heterocycles. The molecule has 0 atom stereocenters. The molecule has 3 aromatic rings. The van der Waals surface area contributed by atoms with E-state index in [1.54, 1.807) is 21.9 Å². The number of carbonyl (C=O) groups excluding carboxylic acids is 2. The minimum atomic E-state index is -0.181. The molecule has 3 aromatic carbocycles. The zero-order valence-electron chi connectivity index (χ0n) is 17.9. The molecule has 0 saturated carbocycles. The number of nitriles is 1. The minimum absolute atomic E-state index is 0.105. The first-order valence-corrected chi connectivity index (χ1v) is 10.6. The molecule has 0 aliphatic carbocycles. The fraction of sp³-hybridized carbons (Fsp3) is 0.192. The standard InChI is InChI=1S/C26H24N4O2/c1-19-8-2-5-13-24(19)25(31)28-22-11-6-12-23(16-22)30-15-7-14-29(26(30)32)18-21-10-4-3-9-20(21)17-27/h2-6,8-13,16H,7,14-15,18H2,1H3,(H,28,31). The van der Waals surface area contributed by atoms with Crippen LogP contribution in [-0.2, 0) is 6.54 Å². The van der Waals surface area contributed by atoms with Gasteiger partial charge in [-0.25, -0.2) is 4.79 Å². The molecule has 1 heterocycles. The van der Waals surface area contributed by atoms with Crippen LogP contribution in [0.2, 0.25) is 0 Å². The number of nitrogens with one attached hydrogen (secondary N) is 1. The molecule has 32 heavy (non-hydrogen) atoms. The number of benzene rings is 3. The zero-order chi connectivity index (χ0) is 22.5. The summed E-state index contributed by atoms with van der Waals surface area (Å²) in [7, 11) is 0. The number of hydrogen-bond acceptors (Lipinski definition) is 3. The van der Waals surface area contributed by atoms with E-state index in [2.05, 4.69) is 11.4 Å². The quantitative estimate of drug-likeness (QED) is 0.629. The topological polar surface area (TPSA) is 76.4 Å². The maximum atomic E-state index is 13.2. The fourth-order valence-corrected chi connectivity index (χ4v) is 3.92. The van der Waals surface area contributed by atoms with E-state index in [1.807, 2.05) is 67.6 Å². The van der Waals surface area contributed by atoms with Crippen LogP contribution in [0.3, 0.4) is 0 Å². The zero-order valence-corrected chi connectivity index (χ0v) is 17.9. The van der Waals surface area contributed by atoms with E-state index in [0.717, 1.165) is 23.2 Å². The van der Waals surface area contributed by atoms with Crippen LogP contribution in [0.5, 0.6) is 0 Å². The molecule has 1 aliphatic heterocycles. The van der Waals surface area contributed by atoms with Gasteiger partial charge in [0.25, 0.3) is 5.91 Å². The molecular weight excluding hydrogens is 400 g/mol. The van der Waals surface area contributed by atoms with E-state index in [-0.39, 0.29) is 11.9 Å². The Hall–Kier alpha value is -4.11. The van der Waals surface area contributed by atoms with Crippen LogP contribution in [-0.4, -0.2) is 29.9 Å². The Balaban J connectivity index is 1.51. The van der Waals surface area contributed by atoms with Crippen molar-refractivity contribution in [1.29, 1.82) is 5.26 Å². The monoisotopic (exact) mass is 424 g/mol. The second kappa shape index (κ2) is 9.36. The lowest BCUT2D eigenvalue weighted by atomic mass is 10.1. The number of carbonyl (C=O) groups is 2. The van der Waals surface area contributed by atoms with Crippen molar-refractivity contribution in [3.8, 4) is 6.07 Å². The second-order valence-corrected chi connectivity index (χ2v) is 7.80. The number of nitrogens with zero attached hydrogens (tertiary/aromatic N) is 3. The van der Waals surface area contributed by atoms with E-state index in [0.29, 0.717) is 36.4 Å². The molecule has 4 rings (SSSR count). The number of aryl methyl sites for hydroxylation is 1. The van der Waals surface area contributed by atoms with Gasteiger partial charge in [-0.1, -0.05) is 42.5 Å². The van der Waals surface area contributed by atoms with Gasteiger partial charge in [-0.3, -0.25) is 9.69 Å². The van der Waals surface area contributed by atoms with Crippen LogP contribution in [0, 0.1) is 18.3 Å². The van der Waals surface area contributed by atoms with Crippen molar-refractivity contribution >= 4 is 23.3 Å². The Bertz CT molecular complexity index is 1200.